The summed E-state index contributed by atoms with van der Waals surface area (Å²) in [6.45, 7) is 4.37. The summed E-state index contributed by atoms with van der Waals surface area (Å²) < 4.78 is 58.5. The van der Waals surface area contributed by atoms with Crippen LogP contribution >= 0.6 is 0 Å². The third kappa shape index (κ3) is 3.11. The van der Waals surface area contributed by atoms with Gasteiger partial charge in [0.05, 0.1) is 0 Å². The van der Waals surface area contributed by atoms with Crippen molar-refractivity contribution in [3.8, 4) is 0 Å². The van der Waals surface area contributed by atoms with Gasteiger partial charge in [-0.2, -0.15) is 0 Å². The molecule has 0 fully saturated rings. The standard InChI is InChI=1S/C13H14F2N2O3S/c1-7(11-6-10(14)4-5-12(11)15)17-21(18,19)13-8(2)16-20-9(13)3/h4-7,17H,1-3H3/t7-/m0/s1. The van der Waals surface area contributed by atoms with Gasteiger partial charge in [-0.3, -0.25) is 0 Å². The van der Waals surface area contributed by atoms with Crippen molar-refractivity contribution in [2.75, 3.05) is 0 Å². The highest BCUT2D eigenvalue weighted by atomic mass is 32.2. The molecule has 0 saturated carbocycles. The average molecular weight is 316 g/mol. The minimum absolute atomic E-state index is 0.0784. The number of halogens is 2. The van der Waals surface area contributed by atoms with Gasteiger partial charge in [-0.05, 0) is 39.0 Å². The molecule has 1 N–H and O–H groups in total. The van der Waals surface area contributed by atoms with E-state index in [1.54, 1.807) is 0 Å². The Morgan fingerprint density at radius 3 is 2.52 bits per heavy atom. The molecule has 0 unspecified atom stereocenters. The highest BCUT2D eigenvalue weighted by Crippen LogP contribution is 2.23. The van der Waals surface area contributed by atoms with Crippen molar-refractivity contribution in [2.24, 2.45) is 0 Å². The molecule has 1 aromatic heterocycles. The first-order valence-corrected chi connectivity index (χ1v) is 7.61. The van der Waals surface area contributed by atoms with Crippen LogP contribution in [-0.4, -0.2) is 13.6 Å². The van der Waals surface area contributed by atoms with Crippen LogP contribution in [0.4, 0.5) is 8.78 Å². The van der Waals surface area contributed by atoms with E-state index in [0.29, 0.717) is 0 Å². The fourth-order valence-electron chi connectivity index (χ4n) is 2.06. The smallest absolute Gasteiger partial charge is 0.246 e. The van der Waals surface area contributed by atoms with Crippen molar-refractivity contribution in [3.63, 3.8) is 0 Å². The van der Waals surface area contributed by atoms with Gasteiger partial charge < -0.3 is 4.52 Å². The second-order valence-corrected chi connectivity index (χ2v) is 6.31. The predicted molar refractivity (Wildman–Crippen MR) is 71.1 cm³/mol. The molecule has 114 valence electrons. The fraction of sp³-hybridized carbons (Fsp3) is 0.308. The molecule has 2 rings (SSSR count). The molecule has 0 bridgehead atoms. The van der Waals surface area contributed by atoms with Crippen LogP contribution < -0.4 is 4.72 Å². The second kappa shape index (κ2) is 5.53. The van der Waals surface area contributed by atoms with E-state index < -0.39 is 27.7 Å². The maximum Gasteiger partial charge on any atom is 0.246 e. The highest BCUT2D eigenvalue weighted by molar-refractivity contribution is 7.89. The molecule has 1 aromatic carbocycles. The molecule has 5 nitrogen and oxygen atoms in total. The first kappa shape index (κ1) is 15.6. The Hall–Kier alpha value is -1.80. The van der Waals surface area contributed by atoms with E-state index in [-0.39, 0.29) is 21.9 Å². The molecule has 0 aliphatic rings. The summed E-state index contributed by atoms with van der Waals surface area (Å²) in [5, 5.41) is 3.57. The normalized spacial score (nSPS) is 13.4. The van der Waals surface area contributed by atoms with Gasteiger partial charge in [0.25, 0.3) is 0 Å². The number of aromatic nitrogens is 1. The van der Waals surface area contributed by atoms with Crippen molar-refractivity contribution < 1.29 is 21.7 Å². The monoisotopic (exact) mass is 316 g/mol. The Morgan fingerprint density at radius 1 is 1.29 bits per heavy atom. The maximum atomic E-state index is 13.7. The molecular formula is C13H14F2N2O3S. The minimum Gasteiger partial charge on any atom is -0.360 e. The van der Waals surface area contributed by atoms with Crippen LogP contribution in [0.15, 0.2) is 27.6 Å². The summed E-state index contributed by atoms with van der Waals surface area (Å²) in [6, 6.07) is 1.93. The molecule has 0 spiro atoms. The van der Waals surface area contributed by atoms with Crippen LogP contribution in [0.1, 0.15) is 30.0 Å². The van der Waals surface area contributed by atoms with Crippen LogP contribution in [-0.2, 0) is 10.0 Å². The van der Waals surface area contributed by atoms with Crippen molar-refractivity contribution in [1.29, 1.82) is 0 Å². The second-order valence-electron chi connectivity index (χ2n) is 4.66. The van der Waals surface area contributed by atoms with Crippen molar-refractivity contribution >= 4 is 10.0 Å². The van der Waals surface area contributed by atoms with Crippen LogP contribution in [0.25, 0.3) is 0 Å². The highest BCUT2D eigenvalue weighted by Gasteiger charge is 2.27. The van der Waals surface area contributed by atoms with Crippen molar-refractivity contribution in [1.82, 2.24) is 9.88 Å². The molecule has 2 aromatic rings. The van der Waals surface area contributed by atoms with Crippen LogP contribution in [0.5, 0.6) is 0 Å². The molecule has 1 atom stereocenters. The van der Waals surface area contributed by atoms with Gasteiger partial charge in [-0.25, -0.2) is 21.9 Å². The largest absolute Gasteiger partial charge is 0.360 e. The summed E-state index contributed by atoms with van der Waals surface area (Å²) in [5.41, 5.74) is 0.122. The minimum atomic E-state index is -3.95. The Balaban J connectivity index is 2.35. The number of benzene rings is 1. The number of sulfonamides is 1. The first-order chi connectivity index (χ1) is 9.72. The Kier molecular flexibility index (Phi) is 4.11. The fourth-order valence-corrected chi connectivity index (χ4v) is 3.61. The first-order valence-electron chi connectivity index (χ1n) is 6.12. The molecule has 0 aliphatic carbocycles. The summed E-state index contributed by atoms with van der Waals surface area (Å²) in [6.07, 6.45) is 0. The van der Waals surface area contributed by atoms with Crippen LogP contribution in [0.2, 0.25) is 0 Å². The molecule has 0 amide bonds. The number of nitrogens with one attached hydrogen (secondary N) is 1. The number of hydrogen-bond donors (Lipinski definition) is 1. The number of rotatable bonds is 4. The lowest BCUT2D eigenvalue weighted by molar-refractivity contribution is 0.390. The molecule has 21 heavy (non-hydrogen) atoms. The van der Waals surface area contributed by atoms with Crippen molar-refractivity contribution in [2.45, 2.75) is 31.7 Å². The zero-order chi connectivity index (χ0) is 15.8. The zero-order valence-corrected chi connectivity index (χ0v) is 12.5. The van der Waals surface area contributed by atoms with E-state index in [1.807, 2.05) is 0 Å². The van der Waals surface area contributed by atoms with E-state index >= 15 is 0 Å². The third-order valence-corrected chi connectivity index (χ3v) is 4.78. The van der Waals surface area contributed by atoms with Gasteiger partial charge in [0.1, 0.15) is 22.2 Å². The van der Waals surface area contributed by atoms with Gasteiger partial charge in [-0.15, -0.1) is 0 Å². The number of hydrogen-bond acceptors (Lipinski definition) is 4. The topological polar surface area (TPSA) is 72.2 Å². The summed E-state index contributed by atoms with van der Waals surface area (Å²) in [7, 11) is -3.95. The van der Waals surface area contributed by atoms with E-state index in [2.05, 4.69) is 9.88 Å². The maximum absolute atomic E-state index is 13.7. The van der Waals surface area contributed by atoms with E-state index in [9.17, 15) is 17.2 Å². The Bertz CT molecular complexity index is 752. The van der Waals surface area contributed by atoms with Gasteiger partial charge in [0, 0.05) is 11.6 Å². The Morgan fingerprint density at radius 2 is 1.95 bits per heavy atom. The van der Waals surface area contributed by atoms with Gasteiger partial charge >= 0.3 is 0 Å². The van der Waals surface area contributed by atoms with Crippen LogP contribution in [0.3, 0.4) is 0 Å². The molecule has 0 saturated heterocycles. The quantitative estimate of drug-likeness (QED) is 0.941. The lowest BCUT2D eigenvalue weighted by atomic mass is 10.1. The average Bonchev–Trinajstić information content (AvgIpc) is 2.72. The Labute approximate surface area is 121 Å². The predicted octanol–water partition coefficient (Wildman–Crippen LogP) is 2.61. The molecule has 1 heterocycles. The molecular weight excluding hydrogens is 302 g/mol. The number of nitrogens with zero attached hydrogens (tertiary/aromatic N) is 1. The van der Waals surface area contributed by atoms with E-state index in [0.717, 1.165) is 18.2 Å². The summed E-state index contributed by atoms with van der Waals surface area (Å²) in [4.78, 5) is -0.0915. The zero-order valence-electron chi connectivity index (χ0n) is 11.6. The van der Waals surface area contributed by atoms with Crippen LogP contribution in [0, 0.1) is 25.5 Å². The third-order valence-electron chi connectivity index (χ3n) is 2.99. The van der Waals surface area contributed by atoms with Crippen molar-refractivity contribution in [3.05, 3.63) is 46.9 Å². The molecule has 0 aliphatic heterocycles. The summed E-state index contributed by atoms with van der Waals surface area (Å²) in [5.74, 6) is -1.20. The molecule has 0 radical (unpaired) electrons. The summed E-state index contributed by atoms with van der Waals surface area (Å²) >= 11 is 0. The van der Waals surface area contributed by atoms with E-state index in [1.165, 1.54) is 20.8 Å². The SMILES string of the molecule is Cc1noc(C)c1S(=O)(=O)N[C@@H](C)c1cc(F)ccc1F. The lowest BCUT2D eigenvalue weighted by Crippen LogP contribution is -2.28. The van der Waals surface area contributed by atoms with Gasteiger partial charge in [-0.1, -0.05) is 5.16 Å². The van der Waals surface area contributed by atoms with E-state index in [4.69, 9.17) is 4.52 Å². The molecule has 8 heteroatoms. The number of aryl methyl sites for hydroxylation is 2. The van der Waals surface area contributed by atoms with Gasteiger partial charge in [0.15, 0.2) is 5.76 Å². The lowest BCUT2D eigenvalue weighted by Gasteiger charge is -2.15. The van der Waals surface area contributed by atoms with Gasteiger partial charge in [0.2, 0.25) is 10.0 Å².